The number of hydrogen-bond acceptors (Lipinski definition) is 4. The van der Waals surface area contributed by atoms with Gasteiger partial charge in [0.15, 0.2) is 5.69 Å². The van der Waals surface area contributed by atoms with Crippen molar-refractivity contribution in [3.05, 3.63) is 11.2 Å². The van der Waals surface area contributed by atoms with Gasteiger partial charge >= 0.3 is 5.97 Å². The zero-order valence-corrected chi connectivity index (χ0v) is 11.7. The molecule has 0 radical (unpaired) electrons. The number of thiazole rings is 1. The number of hydrogen-bond donors (Lipinski definition) is 2. The van der Waals surface area contributed by atoms with Gasteiger partial charge in [-0.1, -0.05) is 26.7 Å². The maximum atomic E-state index is 11.0. The van der Waals surface area contributed by atoms with Gasteiger partial charge in [0.05, 0.1) is 5.51 Å². The highest BCUT2D eigenvalue weighted by Gasteiger charge is 2.28. The van der Waals surface area contributed by atoms with Crippen LogP contribution in [0.15, 0.2) is 5.51 Å². The number of nitrogens with zero attached hydrogens (tertiary/aromatic N) is 1. The monoisotopic (exact) mass is 268 g/mol. The second-order valence-electron chi connectivity index (χ2n) is 5.28. The van der Waals surface area contributed by atoms with Gasteiger partial charge in [0, 0.05) is 6.04 Å². The van der Waals surface area contributed by atoms with Crippen LogP contribution >= 0.6 is 11.3 Å². The number of carboxylic acids is 1. The average Bonchev–Trinajstić information content (AvgIpc) is 2.77. The fourth-order valence-electron chi connectivity index (χ4n) is 2.81. The summed E-state index contributed by atoms with van der Waals surface area (Å²) >= 11 is 1.38. The largest absolute Gasteiger partial charge is 0.476 e. The van der Waals surface area contributed by atoms with Crippen molar-refractivity contribution in [3.63, 3.8) is 0 Å². The van der Waals surface area contributed by atoms with Crippen LogP contribution in [0, 0.1) is 11.8 Å². The number of carboxylic acid groups (broad SMARTS) is 1. The lowest BCUT2D eigenvalue weighted by Crippen LogP contribution is -2.35. The van der Waals surface area contributed by atoms with Gasteiger partial charge < -0.3 is 10.4 Å². The summed E-state index contributed by atoms with van der Waals surface area (Å²) in [6, 6.07) is 0.386. The maximum Gasteiger partial charge on any atom is 0.357 e. The first-order valence-electron chi connectivity index (χ1n) is 6.53. The van der Waals surface area contributed by atoms with Crippen LogP contribution in [0.2, 0.25) is 0 Å². The maximum absolute atomic E-state index is 11.0. The van der Waals surface area contributed by atoms with E-state index in [2.05, 4.69) is 24.1 Å². The van der Waals surface area contributed by atoms with Crippen molar-refractivity contribution in [1.82, 2.24) is 4.98 Å². The molecular weight excluding hydrogens is 248 g/mol. The molecule has 2 atom stereocenters. The molecule has 1 aromatic heterocycles. The number of nitrogens with one attached hydrogen (secondary N) is 1. The summed E-state index contributed by atoms with van der Waals surface area (Å²) in [5.41, 5.74) is 1.76. The summed E-state index contributed by atoms with van der Waals surface area (Å²) in [5.74, 6) is 0.308. The standard InChI is InChI=1S/C13H20N2O2S/c1-8(2)9-5-3-4-6-10(9)15-12-11(13(16)17)14-7-18-12/h7-10,15H,3-6H2,1-2H3,(H,16,17). The highest BCUT2D eigenvalue weighted by Crippen LogP contribution is 2.33. The number of anilines is 1. The second kappa shape index (κ2) is 5.69. The normalized spacial score (nSPS) is 24.2. The summed E-state index contributed by atoms with van der Waals surface area (Å²) in [6.45, 7) is 4.49. The zero-order chi connectivity index (χ0) is 13.1. The highest BCUT2D eigenvalue weighted by molar-refractivity contribution is 7.14. The fraction of sp³-hybridized carbons (Fsp3) is 0.692. The number of aromatic carboxylic acids is 1. The quantitative estimate of drug-likeness (QED) is 0.877. The van der Waals surface area contributed by atoms with E-state index in [9.17, 15) is 4.79 Å². The Morgan fingerprint density at radius 3 is 2.89 bits per heavy atom. The molecule has 0 spiro atoms. The van der Waals surface area contributed by atoms with Gasteiger partial charge in [0.25, 0.3) is 0 Å². The van der Waals surface area contributed by atoms with Crippen LogP contribution < -0.4 is 5.32 Å². The minimum atomic E-state index is -0.948. The van der Waals surface area contributed by atoms with Gasteiger partial charge in [-0.3, -0.25) is 0 Å². The molecule has 0 aliphatic heterocycles. The summed E-state index contributed by atoms with van der Waals surface area (Å²) in [5, 5.41) is 13.2. The van der Waals surface area contributed by atoms with Crippen molar-refractivity contribution >= 4 is 22.3 Å². The third-order valence-electron chi connectivity index (χ3n) is 3.76. The van der Waals surface area contributed by atoms with Crippen molar-refractivity contribution in [3.8, 4) is 0 Å². The van der Waals surface area contributed by atoms with Crippen LogP contribution in [0.25, 0.3) is 0 Å². The molecule has 1 saturated carbocycles. The summed E-state index contributed by atoms with van der Waals surface area (Å²) in [4.78, 5) is 15.0. The second-order valence-corrected chi connectivity index (χ2v) is 6.13. The molecule has 0 saturated heterocycles. The molecule has 1 heterocycles. The fourth-order valence-corrected chi connectivity index (χ4v) is 3.54. The highest BCUT2D eigenvalue weighted by atomic mass is 32.1. The summed E-state index contributed by atoms with van der Waals surface area (Å²) in [6.07, 6.45) is 4.87. The first-order valence-corrected chi connectivity index (χ1v) is 7.41. The lowest BCUT2D eigenvalue weighted by Gasteiger charge is -2.35. The Kier molecular flexibility index (Phi) is 4.22. The molecule has 0 amide bonds. The van der Waals surface area contributed by atoms with Crippen LogP contribution in [0.4, 0.5) is 5.00 Å². The number of aromatic nitrogens is 1. The predicted molar refractivity (Wildman–Crippen MR) is 73.3 cm³/mol. The molecule has 1 fully saturated rings. The molecule has 2 rings (SSSR count). The van der Waals surface area contributed by atoms with E-state index in [0.717, 1.165) is 6.42 Å². The molecular formula is C13H20N2O2S. The Morgan fingerprint density at radius 1 is 1.50 bits per heavy atom. The van der Waals surface area contributed by atoms with Crippen LogP contribution in [0.1, 0.15) is 50.0 Å². The van der Waals surface area contributed by atoms with E-state index >= 15 is 0 Å². The van der Waals surface area contributed by atoms with E-state index in [1.54, 1.807) is 5.51 Å². The summed E-state index contributed by atoms with van der Waals surface area (Å²) < 4.78 is 0. The Hall–Kier alpha value is -1.10. The van der Waals surface area contributed by atoms with Crippen LogP contribution in [-0.4, -0.2) is 22.1 Å². The van der Waals surface area contributed by atoms with Crippen molar-refractivity contribution in [2.45, 2.75) is 45.6 Å². The van der Waals surface area contributed by atoms with E-state index in [4.69, 9.17) is 5.11 Å². The third-order valence-corrected chi connectivity index (χ3v) is 4.52. The zero-order valence-electron chi connectivity index (χ0n) is 10.8. The van der Waals surface area contributed by atoms with E-state index in [1.165, 1.54) is 30.6 Å². The molecule has 18 heavy (non-hydrogen) atoms. The first-order chi connectivity index (χ1) is 8.59. The van der Waals surface area contributed by atoms with E-state index in [1.807, 2.05) is 0 Å². The molecule has 2 N–H and O–H groups in total. The topological polar surface area (TPSA) is 62.2 Å². The smallest absolute Gasteiger partial charge is 0.357 e. The van der Waals surface area contributed by atoms with Crippen molar-refractivity contribution in [1.29, 1.82) is 0 Å². The van der Waals surface area contributed by atoms with Crippen LogP contribution in [-0.2, 0) is 0 Å². The van der Waals surface area contributed by atoms with Crippen molar-refractivity contribution < 1.29 is 9.90 Å². The molecule has 4 nitrogen and oxygen atoms in total. The minimum Gasteiger partial charge on any atom is -0.476 e. The Bertz CT molecular complexity index is 417. The van der Waals surface area contributed by atoms with Crippen molar-refractivity contribution in [2.24, 2.45) is 11.8 Å². The Labute approximate surface area is 111 Å². The molecule has 0 bridgehead atoms. The predicted octanol–water partition coefficient (Wildman–Crippen LogP) is 3.47. The molecule has 1 aliphatic rings. The molecule has 100 valence electrons. The molecule has 1 aromatic rings. The van der Waals surface area contributed by atoms with Gasteiger partial charge in [0.2, 0.25) is 0 Å². The molecule has 2 unspecified atom stereocenters. The van der Waals surface area contributed by atoms with Crippen LogP contribution in [0.3, 0.4) is 0 Å². The SMILES string of the molecule is CC(C)C1CCCCC1Nc1scnc1C(=O)O. The third kappa shape index (κ3) is 2.83. The first kappa shape index (κ1) is 13.3. The summed E-state index contributed by atoms with van der Waals surface area (Å²) in [7, 11) is 0. The van der Waals surface area contributed by atoms with Gasteiger partial charge in [-0.05, 0) is 24.7 Å². The number of rotatable bonds is 4. The van der Waals surface area contributed by atoms with Gasteiger partial charge in [-0.2, -0.15) is 0 Å². The molecule has 1 aliphatic carbocycles. The van der Waals surface area contributed by atoms with E-state index in [0.29, 0.717) is 22.9 Å². The number of carbonyl (C=O) groups is 1. The molecule has 5 heteroatoms. The minimum absolute atomic E-state index is 0.160. The molecule has 0 aromatic carbocycles. The van der Waals surface area contributed by atoms with Gasteiger partial charge in [-0.15, -0.1) is 11.3 Å². The van der Waals surface area contributed by atoms with Gasteiger partial charge in [-0.25, -0.2) is 9.78 Å². The lowest BCUT2D eigenvalue weighted by molar-refractivity contribution is 0.0692. The van der Waals surface area contributed by atoms with Gasteiger partial charge in [0.1, 0.15) is 5.00 Å². The van der Waals surface area contributed by atoms with E-state index in [-0.39, 0.29) is 5.69 Å². The van der Waals surface area contributed by atoms with E-state index < -0.39 is 5.97 Å². The lowest BCUT2D eigenvalue weighted by atomic mass is 9.78. The average molecular weight is 268 g/mol. The van der Waals surface area contributed by atoms with Crippen LogP contribution in [0.5, 0.6) is 0 Å². The van der Waals surface area contributed by atoms with Crippen molar-refractivity contribution in [2.75, 3.05) is 5.32 Å². The Morgan fingerprint density at radius 2 is 2.22 bits per heavy atom. The Balaban J connectivity index is 2.11.